The summed E-state index contributed by atoms with van der Waals surface area (Å²) < 4.78 is 2.07. The number of likely N-dealkylation sites (tertiary alicyclic amines) is 1. The molecule has 1 atom stereocenters. The van der Waals surface area contributed by atoms with Gasteiger partial charge in [-0.2, -0.15) is 0 Å². The molecule has 0 radical (unpaired) electrons. The van der Waals surface area contributed by atoms with Crippen LogP contribution in [0.25, 0.3) is 0 Å². The van der Waals surface area contributed by atoms with Crippen molar-refractivity contribution in [1.82, 2.24) is 19.7 Å². The molecular weight excluding hydrogens is 272 g/mol. The summed E-state index contributed by atoms with van der Waals surface area (Å²) in [6, 6.07) is 10.8. The molecule has 0 saturated carbocycles. The van der Waals surface area contributed by atoms with Gasteiger partial charge in [0.25, 0.3) is 0 Å². The number of aryl methyl sites for hydroxylation is 1. The molecule has 22 heavy (non-hydrogen) atoms. The van der Waals surface area contributed by atoms with Gasteiger partial charge >= 0.3 is 0 Å². The van der Waals surface area contributed by atoms with Gasteiger partial charge in [0.2, 0.25) is 0 Å². The zero-order chi connectivity index (χ0) is 15.4. The molecule has 118 valence electrons. The molecule has 2 heterocycles. The van der Waals surface area contributed by atoms with Gasteiger partial charge in [0.1, 0.15) is 12.2 Å². The Morgan fingerprint density at radius 3 is 2.55 bits per heavy atom. The lowest BCUT2D eigenvalue weighted by Gasteiger charge is -2.32. The fourth-order valence-corrected chi connectivity index (χ4v) is 3.40. The van der Waals surface area contributed by atoms with Crippen molar-refractivity contribution in [2.45, 2.75) is 38.0 Å². The molecule has 0 bridgehead atoms. The van der Waals surface area contributed by atoms with Crippen molar-refractivity contribution >= 4 is 0 Å². The van der Waals surface area contributed by atoms with E-state index in [0.29, 0.717) is 11.8 Å². The SMILES string of the molecule is CC(CCN1CCC(c2nncn2C)CC1)c1ccccc1. The van der Waals surface area contributed by atoms with Crippen molar-refractivity contribution in [3.05, 3.63) is 48.0 Å². The van der Waals surface area contributed by atoms with E-state index in [0.717, 1.165) is 5.82 Å². The lowest BCUT2D eigenvalue weighted by molar-refractivity contribution is 0.202. The monoisotopic (exact) mass is 298 g/mol. The molecule has 2 aromatic rings. The largest absolute Gasteiger partial charge is 0.320 e. The predicted molar refractivity (Wildman–Crippen MR) is 88.9 cm³/mol. The van der Waals surface area contributed by atoms with Gasteiger partial charge in [0, 0.05) is 13.0 Å². The van der Waals surface area contributed by atoms with Gasteiger partial charge in [0.15, 0.2) is 0 Å². The van der Waals surface area contributed by atoms with E-state index in [4.69, 9.17) is 0 Å². The Hall–Kier alpha value is -1.68. The Labute approximate surface area is 133 Å². The van der Waals surface area contributed by atoms with Gasteiger partial charge in [-0.25, -0.2) is 0 Å². The van der Waals surface area contributed by atoms with Crippen LogP contribution in [-0.2, 0) is 7.05 Å². The van der Waals surface area contributed by atoms with Crippen LogP contribution in [0.2, 0.25) is 0 Å². The van der Waals surface area contributed by atoms with Crippen LogP contribution in [0.3, 0.4) is 0 Å². The Bertz CT molecular complexity index is 570. The number of nitrogens with zero attached hydrogens (tertiary/aromatic N) is 4. The lowest BCUT2D eigenvalue weighted by atomic mass is 9.94. The molecule has 0 aliphatic carbocycles. The van der Waals surface area contributed by atoms with Crippen LogP contribution < -0.4 is 0 Å². The van der Waals surface area contributed by atoms with Crippen molar-refractivity contribution < 1.29 is 0 Å². The van der Waals surface area contributed by atoms with Gasteiger partial charge in [0.05, 0.1) is 0 Å². The number of piperidine rings is 1. The zero-order valence-electron chi connectivity index (χ0n) is 13.7. The average molecular weight is 298 g/mol. The van der Waals surface area contributed by atoms with E-state index in [1.807, 2.05) is 13.4 Å². The average Bonchev–Trinajstić information content (AvgIpc) is 3.00. The summed E-state index contributed by atoms with van der Waals surface area (Å²) >= 11 is 0. The zero-order valence-corrected chi connectivity index (χ0v) is 13.7. The summed E-state index contributed by atoms with van der Waals surface area (Å²) in [6.45, 7) is 5.89. The van der Waals surface area contributed by atoms with Crippen LogP contribution >= 0.6 is 0 Å². The van der Waals surface area contributed by atoms with Gasteiger partial charge in [-0.15, -0.1) is 10.2 Å². The van der Waals surface area contributed by atoms with Crippen LogP contribution in [0.1, 0.15) is 49.4 Å². The van der Waals surface area contributed by atoms with Crippen molar-refractivity contribution in [1.29, 1.82) is 0 Å². The van der Waals surface area contributed by atoms with Crippen LogP contribution in [0.15, 0.2) is 36.7 Å². The van der Waals surface area contributed by atoms with Crippen LogP contribution in [0, 0.1) is 0 Å². The summed E-state index contributed by atoms with van der Waals surface area (Å²) in [4.78, 5) is 2.60. The molecule has 1 aromatic heterocycles. The number of hydrogen-bond acceptors (Lipinski definition) is 3. The molecule has 0 N–H and O–H groups in total. The number of aromatic nitrogens is 3. The molecule has 1 aliphatic heterocycles. The highest BCUT2D eigenvalue weighted by Crippen LogP contribution is 2.27. The van der Waals surface area contributed by atoms with Crippen molar-refractivity contribution in [2.75, 3.05) is 19.6 Å². The first kappa shape index (κ1) is 15.2. The van der Waals surface area contributed by atoms with E-state index >= 15 is 0 Å². The standard InChI is InChI=1S/C18H26N4/c1-15(16-6-4-3-5-7-16)8-11-22-12-9-17(10-13-22)18-20-19-14-21(18)2/h3-7,14-15,17H,8-13H2,1-2H3. The van der Waals surface area contributed by atoms with E-state index < -0.39 is 0 Å². The quantitative estimate of drug-likeness (QED) is 0.850. The first-order valence-corrected chi connectivity index (χ1v) is 8.35. The molecule has 1 unspecified atom stereocenters. The number of rotatable bonds is 5. The lowest BCUT2D eigenvalue weighted by Crippen LogP contribution is -2.34. The highest BCUT2D eigenvalue weighted by Gasteiger charge is 2.23. The predicted octanol–water partition coefficient (Wildman–Crippen LogP) is 3.19. The molecular formula is C18H26N4. The molecule has 4 nitrogen and oxygen atoms in total. The molecule has 1 aromatic carbocycles. The summed E-state index contributed by atoms with van der Waals surface area (Å²) in [6.07, 6.45) is 5.44. The topological polar surface area (TPSA) is 34.0 Å². The summed E-state index contributed by atoms with van der Waals surface area (Å²) in [7, 11) is 2.04. The molecule has 1 saturated heterocycles. The Balaban J connectivity index is 1.45. The van der Waals surface area contributed by atoms with Gasteiger partial charge < -0.3 is 9.47 Å². The fraction of sp³-hybridized carbons (Fsp3) is 0.556. The molecule has 4 heteroatoms. The Morgan fingerprint density at radius 2 is 1.91 bits per heavy atom. The first-order chi connectivity index (χ1) is 10.7. The van der Waals surface area contributed by atoms with E-state index in [9.17, 15) is 0 Å². The first-order valence-electron chi connectivity index (χ1n) is 8.35. The maximum atomic E-state index is 4.27. The highest BCUT2D eigenvalue weighted by atomic mass is 15.3. The maximum Gasteiger partial charge on any atom is 0.135 e. The van der Waals surface area contributed by atoms with Gasteiger partial charge in [-0.05, 0) is 50.4 Å². The van der Waals surface area contributed by atoms with Crippen molar-refractivity contribution in [3.8, 4) is 0 Å². The minimum atomic E-state index is 0.579. The third-order valence-corrected chi connectivity index (χ3v) is 4.95. The van der Waals surface area contributed by atoms with Crippen molar-refractivity contribution in [3.63, 3.8) is 0 Å². The molecule has 0 amide bonds. The second-order valence-corrected chi connectivity index (χ2v) is 6.52. The third-order valence-electron chi connectivity index (χ3n) is 4.95. The Kier molecular flexibility index (Phi) is 4.88. The normalized spacial score (nSPS) is 18.5. The summed E-state index contributed by atoms with van der Waals surface area (Å²) in [5.41, 5.74) is 1.46. The second kappa shape index (κ2) is 7.05. The van der Waals surface area contributed by atoms with Crippen LogP contribution in [-0.4, -0.2) is 39.3 Å². The second-order valence-electron chi connectivity index (χ2n) is 6.52. The molecule has 3 rings (SSSR count). The van der Waals surface area contributed by atoms with E-state index in [-0.39, 0.29) is 0 Å². The third kappa shape index (κ3) is 3.55. The van der Waals surface area contributed by atoms with Crippen LogP contribution in [0.5, 0.6) is 0 Å². The smallest absolute Gasteiger partial charge is 0.135 e. The summed E-state index contributed by atoms with van der Waals surface area (Å²) in [5, 5.41) is 8.28. The number of benzene rings is 1. The molecule has 1 aliphatic rings. The number of hydrogen-bond donors (Lipinski definition) is 0. The van der Waals surface area contributed by atoms with E-state index in [1.54, 1.807) is 0 Å². The fourth-order valence-electron chi connectivity index (χ4n) is 3.40. The highest BCUT2D eigenvalue weighted by molar-refractivity contribution is 5.18. The molecule has 0 spiro atoms. The Morgan fingerprint density at radius 1 is 1.18 bits per heavy atom. The van der Waals surface area contributed by atoms with Crippen LogP contribution in [0.4, 0.5) is 0 Å². The maximum absolute atomic E-state index is 4.27. The van der Waals surface area contributed by atoms with E-state index in [2.05, 4.69) is 56.9 Å². The summed E-state index contributed by atoms with van der Waals surface area (Å²) in [5.74, 6) is 2.37. The van der Waals surface area contributed by atoms with E-state index in [1.165, 1.54) is 44.5 Å². The van der Waals surface area contributed by atoms with Crippen molar-refractivity contribution in [2.24, 2.45) is 7.05 Å². The minimum Gasteiger partial charge on any atom is -0.320 e. The van der Waals surface area contributed by atoms with Gasteiger partial charge in [-0.1, -0.05) is 37.3 Å². The minimum absolute atomic E-state index is 0.579. The van der Waals surface area contributed by atoms with Gasteiger partial charge in [-0.3, -0.25) is 0 Å². The molecule has 1 fully saturated rings.